The first-order valence-corrected chi connectivity index (χ1v) is 8.46. The number of hydrogen-bond donors (Lipinski definition) is 0. The van der Waals surface area contributed by atoms with E-state index in [1.54, 1.807) is 7.11 Å². The molecule has 6 heteroatoms. The van der Waals surface area contributed by atoms with E-state index in [0.717, 1.165) is 33.5 Å². The molecule has 0 saturated carbocycles. The van der Waals surface area contributed by atoms with Crippen LogP contribution in [0, 0.1) is 6.92 Å². The highest BCUT2D eigenvalue weighted by molar-refractivity contribution is 7.19. The Labute approximate surface area is 143 Å². The van der Waals surface area contributed by atoms with Crippen molar-refractivity contribution < 1.29 is 4.74 Å². The molecule has 0 amide bonds. The van der Waals surface area contributed by atoms with Crippen molar-refractivity contribution in [3.63, 3.8) is 0 Å². The lowest BCUT2D eigenvalue weighted by Crippen LogP contribution is -1.99. The zero-order valence-electron chi connectivity index (χ0n) is 13.4. The summed E-state index contributed by atoms with van der Waals surface area (Å²) in [6, 6.07) is 16.2. The highest BCUT2D eigenvalue weighted by Gasteiger charge is 2.14. The van der Waals surface area contributed by atoms with Crippen LogP contribution in [0.4, 0.5) is 0 Å². The van der Waals surface area contributed by atoms with E-state index >= 15 is 0 Å². The average Bonchev–Trinajstić information content (AvgIpc) is 3.19. The van der Waals surface area contributed by atoms with Crippen LogP contribution in [0.3, 0.4) is 0 Å². The van der Waals surface area contributed by atoms with Gasteiger partial charge in [-0.25, -0.2) is 0 Å². The molecule has 120 valence electrons. The molecule has 0 fully saturated rings. The van der Waals surface area contributed by atoms with Crippen molar-refractivity contribution in [2.45, 2.75) is 13.3 Å². The first kappa shape index (κ1) is 14.8. The topological polar surface area (TPSA) is 52.3 Å². The van der Waals surface area contributed by atoms with Crippen LogP contribution in [0.25, 0.3) is 15.5 Å². The van der Waals surface area contributed by atoms with Crippen molar-refractivity contribution in [3.8, 4) is 16.3 Å². The SMILES string of the molecule is COc1ccc(-c2nn3c(Cc4ccccc4C)nnc3s2)cc1. The maximum atomic E-state index is 5.20. The Balaban J connectivity index is 1.69. The van der Waals surface area contributed by atoms with Gasteiger partial charge in [-0.05, 0) is 42.3 Å². The number of methoxy groups -OCH3 is 1. The molecule has 4 aromatic rings. The molecule has 0 aliphatic heterocycles. The lowest BCUT2D eigenvalue weighted by Gasteiger charge is -2.02. The molecule has 0 bridgehead atoms. The van der Waals surface area contributed by atoms with E-state index in [4.69, 9.17) is 9.84 Å². The lowest BCUT2D eigenvalue weighted by atomic mass is 10.1. The number of hydrogen-bond acceptors (Lipinski definition) is 5. The van der Waals surface area contributed by atoms with Crippen molar-refractivity contribution in [3.05, 3.63) is 65.5 Å². The molecule has 4 rings (SSSR count). The predicted octanol–water partition coefficient (Wildman–Crippen LogP) is 3.76. The zero-order chi connectivity index (χ0) is 16.5. The summed E-state index contributed by atoms with van der Waals surface area (Å²) in [4.78, 5) is 0.810. The Morgan fingerprint density at radius 3 is 2.58 bits per heavy atom. The number of fused-ring (bicyclic) bond motifs is 1. The predicted molar refractivity (Wildman–Crippen MR) is 94.6 cm³/mol. The number of nitrogens with zero attached hydrogens (tertiary/aromatic N) is 4. The normalized spacial score (nSPS) is 11.1. The summed E-state index contributed by atoms with van der Waals surface area (Å²) in [6.45, 7) is 2.11. The van der Waals surface area contributed by atoms with E-state index in [1.165, 1.54) is 22.5 Å². The van der Waals surface area contributed by atoms with Gasteiger partial charge < -0.3 is 4.74 Å². The van der Waals surface area contributed by atoms with Crippen LogP contribution in [-0.4, -0.2) is 26.9 Å². The van der Waals surface area contributed by atoms with Gasteiger partial charge in [-0.1, -0.05) is 35.6 Å². The summed E-state index contributed by atoms with van der Waals surface area (Å²) in [5, 5.41) is 14.2. The lowest BCUT2D eigenvalue weighted by molar-refractivity contribution is 0.415. The van der Waals surface area contributed by atoms with Crippen LogP contribution in [0.1, 0.15) is 17.0 Å². The second-order valence-corrected chi connectivity index (χ2v) is 6.51. The van der Waals surface area contributed by atoms with Crippen LogP contribution in [0.2, 0.25) is 0 Å². The monoisotopic (exact) mass is 336 g/mol. The van der Waals surface area contributed by atoms with E-state index in [-0.39, 0.29) is 0 Å². The van der Waals surface area contributed by atoms with E-state index in [1.807, 2.05) is 40.9 Å². The van der Waals surface area contributed by atoms with Crippen molar-refractivity contribution in [2.75, 3.05) is 7.11 Å². The van der Waals surface area contributed by atoms with Gasteiger partial charge in [0.05, 0.1) is 7.11 Å². The number of benzene rings is 2. The summed E-state index contributed by atoms with van der Waals surface area (Å²) < 4.78 is 7.05. The summed E-state index contributed by atoms with van der Waals surface area (Å²) in [5.41, 5.74) is 3.54. The minimum absolute atomic E-state index is 0.722. The summed E-state index contributed by atoms with van der Waals surface area (Å²) in [6.07, 6.45) is 0.722. The molecule has 5 nitrogen and oxygen atoms in total. The van der Waals surface area contributed by atoms with Gasteiger partial charge in [0.2, 0.25) is 4.96 Å². The molecule has 2 aromatic carbocycles. The molecule has 2 aromatic heterocycles. The van der Waals surface area contributed by atoms with E-state index in [0.29, 0.717) is 0 Å². The molecular formula is C18H16N4OS. The third-order valence-corrected chi connectivity index (χ3v) is 4.95. The molecule has 0 radical (unpaired) electrons. The molecule has 0 unspecified atom stereocenters. The van der Waals surface area contributed by atoms with E-state index < -0.39 is 0 Å². The van der Waals surface area contributed by atoms with Crippen LogP contribution >= 0.6 is 11.3 Å². The van der Waals surface area contributed by atoms with Crippen molar-refractivity contribution >= 4 is 16.3 Å². The molecule has 0 saturated heterocycles. The second-order valence-electron chi connectivity index (χ2n) is 5.55. The Morgan fingerprint density at radius 1 is 1.04 bits per heavy atom. The fourth-order valence-corrected chi connectivity index (χ4v) is 3.46. The molecule has 2 heterocycles. The van der Waals surface area contributed by atoms with Gasteiger partial charge in [0.15, 0.2) is 5.82 Å². The first-order valence-electron chi connectivity index (χ1n) is 7.64. The van der Waals surface area contributed by atoms with Gasteiger partial charge in [-0.3, -0.25) is 0 Å². The third-order valence-electron chi connectivity index (χ3n) is 4.00. The Bertz CT molecular complexity index is 988. The summed E-state index contributed by atoms with van der Waals surface area (Å²) >= 11 is 1.54. The highest BCUT2D eigenvalue weighted by atomic mass is 32.1. The Morgan fingerprint density at radius 2 is 1.83 bits per heavy atom. The summed E-state index contributed by atoms with van der Waals surface area (Å²) in [5.74, 6) is 1.69. The Kier molecular flexibility index (Phi) is 3.74. The third kappa shape index (κ3) is 2.65. The van der Waals surface area contributed by atoms with Crippen LogP contribution in [0.5, 0.6) is 5.75 Å². The molecule has 24 heavy (non-hydrogen) atoms. The first-order chi connectivity index (χ1) is 11.7. The van der Waals surface area contributed by atoms with Crippen molar-refractivity contribution in [2.24, 2.45) is 0 Å². The van der Waals surface area contributed by atoms with Crippen LogP contribution in [-0.2, 0) is 6.42 Å². The standard InChI is InChI=1S/C18H16N4OS/c1-12-5-3-4-6-14(12)11-16-19-20-18-22(16)21-17(24-18)13-7-9-15(23-2)10-8-13/h3-10H,11H2,1-2H3. The van der Waals surface area contributed by atoms with Crippen LogP contribution < -0.4 is 4.74 Å². The quantitative estimate of drug-likeness (QED) is 0.569. The second kappa shape index (κ2) is 6.05. The van der Waals surface area contributed by atoms with Gasteiger partial charge in [-0.2, -0.15) is 9.61 Å². The maximum Gasteiger partial charge on any atom is 0.234 e. The number of aromatic nitrogens is 4. The van der Waals surface area contributed by atoms with E-state index in [9.17, 15) is 0 Å². The molecule has 0 atom stereocenters. The molecular weight excluding hydrogens is 320 g/mol. The minimum Gasteiger partial charge on any atom is -0.497 e. The van der Waals surface area contributed by atoms with Gasteiger partial charge in [0, 0.05) is 12.0 Å². The van der Waals surface area contributed by atoms with Crippen molar-refractivity contribution in [1.29, 1.82) is 0 Å². The molecule has 0 aliphatic rings. The average molecular weight is 336 g/mol. The minimum atomic E-state index is 0.722. The summed E-state index contributed by atoms with van der Waals surface area (Å²) in [7, 11) is 1.66. The molecule has 0 N–H and O–H groups in total. The number of ether oxygens (including phenoxy) is 1. The highest BCUT2D eigenvalue weighted by Crippen LogP contribution is 2.27. The fraction of sp³-hybridized carbons (Fsp3) is 0.167. The van der Waals surface area contributed by atoms with Gasteiger partial charge in [-0.15, -0.1) is 10.2 Å². The van der Waals surface area contributed by atoms with Crippen molar-refractivity contribution in [1.82, 2.24) is 19.8 Å². The number of aryl methyl sites for hydroxylation is 1. The molecule has 0 aliphatic carbocycles. The zero-order valence-corrected chi connectivity index (χ0v) is 14.2. The maximum absolute atomic E-state index is 5.20. The van der Waals surface area contributed by atoms with Gasteiger partial charge in [0.25, 0.3) is 0 Å². The van der Waals surface area contributed by atoms with E-state index in [2.05, 4.69) is 29.3 Å². The largest absolute Gasteiger partial charge is 0.497 e. The van der Waals surface area contributed by atoms with Crippen LogP contribution in [0.15, 0.2) is 48.5 Å². The van der Waals surface area contributed by atoms with Gasteiger partial charge >= 0.3 is 0 Å². The smallest absolute Gasteiger partial charge is 0.234 e. The number of rotatable bonds is 4. The molecule has 0 spiro atoms. The Hall–Kier alpha value is -2.73. The fourth-order valence-electron chi connectivity index (χ4n) is 2.60. The van der Waals surface area contributed by atoms with Gasteiger partial charge in [0.1, 0.15) is 10.8 Å².